The van der Waals surface area contributed by atoms with Crippen molar-refractivity contribution in [2.24, 2.45) is 12.2 Å². The summed E-state index contributed by atoms with van der Waals surface area (Å²) in [6.45, 7) is 2.32. The van der Waals surface area contributed by atoms with Gasteiger partial charge < -0.3 is 9.30 Å². The summed E-state index contributed by atoms with van der Waals surface area (Å²) in [6.07, 6.45) is 1.50. The zero-order valence-electron chi connectivity index (χ0n) is 9.67. The lowest BCUT2D eigenvalue weighted by molar-refractivity contribution is 0.344. The van der Waals surface area contributed by atoms with Crippen LogP contribution in [0.25, 0.3) is 10.9 Å². The summed E-state index contributed by atoms with van der Waals surface area (Å²) in [5.74, 6) is 0.537. The number of primary sulfonamides is 1. The Balaban J connectivity index is 2.86. The van der Waals surface area contributed by atoms with Gasteiger partial charge in [0.2, 0.25) is 10.0 Å². The van der Waals surface area contributed by atoms with Gasteiger partial charge in [-0.1, -0.05) is 6.07 Å². The van der Waals surface area contributed by atoms with Crippen LogP contribution in [-0.2, 0) is 17.1 Å². The molecule has 0 aliphatic rings. The van der Waals surface area contributed by atoms with Crippen LogP contribution in [0.15, 0.2) is 29.3 Å². The monoisotopic (exact) mass is 254 g/mol. The third-order valence-corrected chi connectivity index (χ3v) is 3.47. The first-order valence-corrected chi connectivity index (χ1v) is 6.73. The van der Waals surface area contributed by atoms with Crippen LogP contribution in [0.2, 0.25) is 0 Å². The molecule has 17 heavy (non-hydrogen) atoms. The summed E-state index contributed by atoms with van der Waals surface area (Å²) in [6, 6.07) is 5.38. The number of hydrogen-bond donors (Lipinski definition) is 1. The number of sulfonamides is 1. The fourth-order valence-electron chi connectivity index (χ4n) is 1.86. The van der Waals surface area contributed by atoms with Crippen LogP contribution in [0.1, 0.15) is 6.92 Å². The Kier molecular flexibility index (Phi) is 2.84. The van der Waals surface area contributed by atoms with Crippen molar-refractivity contribution >= 4 is 20.9 Å². The highest BCUT2D eigenvalue weighted by Crippen LogP contribution is 2.32. The molecule has 0 atom stereocenters. The molecule has 0 unspecified atom stereocenters. The number of aryl methyl sites for hydroxylation is 1. The summed E-state index contributed by atoms with van der Waals surface area (Å²) in [7, 11) is -1.98. The highest BCUT2D eigenvalue weighted by atomic mass is 32.2. The van der Waals surface area contributed by atoms with Crippen LogP contribution in [-0.4, -0.2) is 19.6 Å². The number of nitrogens with zero attached hydrogens (tertiary/aromatic N) is 1. The molecule has 0 saturated heterocycles. The van der Waals surface area contributed by atoms with Crippen molar-refractivity contribution in [2.45, 2.75) is 11.8 Å². The quantitative estimate of drug-likeness (QED) is 0.895. The Morgan fingerprint density at radius 3 is 2.71 bits per heavy atom. The first-order valence-electron chi connectivity index (χ1n) is 5.18. The van der Waals surface area contributed by atoms with Gasteiger partial charge in [0.1, 0.15) is 10.6 Å². The molecule has 1 aromatic carbocycles. The number of fused-ring (bicyclic) bond motifs is 1. The van der Waals surface area contributed by atoms with Crippen LogP contribution in [0.5, 0.6) is 5.75 Å². The molecule has 0 spiro atoms. The standard InChI is InChI=1S/C11H14N2O3S/c1-3-16-9-6-4-5-8-11(9)10(7-13(8)2)17(12,14)15/h4-7H,3H2,1-2H3,(H2,12,14,15). The molecular weight excluding hydrogens is 240 g/mol. The zero-order valence-corrected chi connectivity index (χ0v) is 10.5. The molecule has 2 N–H and O–H groups in total. The van der Waals surface area contributed by atoms with Crippen molar-refractivity contribution < 1.29 is 13.2 Å². The lowest BCUT2D eigenvalue weighted by Gasteiger charge is -2.06. The largest absolute Gasteiger partial charge is 0.493 e. The molecule has 0 aliphatic carbocycles. The second-order valence-electron chi connectivity index (χ2n) is 3.73. The van der Waals surface area contributed by atoms with E-state index in [1.54, 1.807) is 17.7 Å². The number of hydrogen-bond acceptors (Lipinski definition) is 3. The number of benzene rings is 1. The molecule has 2 aromatic rings. The van der Waals surface area contributed by atoms with E-state index in [4.69, 9.17) is 9.88 Å². The van der Waals surface area contributed by atoms with Gasteiger partial charge in [0.25, 0.3) is 0 Å². The summed E-state index contributed by atoms with van der Waals surface area (Å²) >= 11 is 0. The molecule has 1 aromatic heterocycles. The molecule has 6 heteroatoms. The van der Waals surface area contributed by atoms with E-state index in [-0.39, 0.29) is 4.90 Å². The maximum absolute atomic E-state index is 11.5. The first-order chi connectivity index (χ1) is 7.95. The van der Waals surface area contributed by atoms with Gasteiger partial charge >= 0.3 is 0 Å². The fourth-order valence-corrected chi connectivity index (χ4v) is 2.66. The normalized spacial score (nSPS) is 11.9. The fraction of sp³-hybridized carbons (Fsp3) is 0.273. The van der Waals surface area contributed by atoms with Gasteiger partial charge in [-0.3, -0.25) is 0 Å². The lowest BCUT2D eigenvalue weighted by Crippen LogP contribution is -2.11. The Morgan fingerprint density at radius 1 is 1.41 bits per heavy atom. The van der Waals surface area contributed by atoms with Crippen molar-refractivity contribution in [1.29, 1.82) is 0 Å². The maximum atomic E-state index is 11.5. The molecule has 2 rings (SSSR count). The van der Waals surface area contributed by atoms with Gasteiger partial charge in [-0.2, -0.15) is 0 Å². The molecular formula is C11H14N2O3S. The van der Waals surface area contributed by atoms with Gasteiger partial charge in [-0.05, 0) is 19.1 Å². The van der Waals surface area contributed by atoms with Gasteiger partial charge in [0, 0.05) is 13.2 Å². The molecule has 5 nitrogen and oxygen atoms in total. The highest BCUT2D eigenvalue weighted by molar-refractivity contribution is 7.89. The number of nitrogens with two attached hydrogens (primary N) is 1. The third-order valence-electron chi connectivity index (χ3n) is 2.55. The van der Waals surface area contributed by atoms with Gasteiger partial charge in [0.05, 0.1) is 17.5 Å². The summed E-state index contributed by atoms with van der Waals surface area (Å²) < 4.78 is 30.2. The second-order valence-corrected chi connectivity index (χ2v) is 5.26. The van der Waals surface area contributed by atoms with Crippen molar-refractivity contribution in [3.63, 3.8) is 0 Å². The summed E-state index contributed by atoms with van der Waals surface area (Å²) in [5, 5.41) is 5.75. The maximum Gasteiger partial charge on any atom is 0.240 e. The molecule has 0 aliphatic heterocycles. The van der Waals surface area contributed by atoms with Crippen molar-refractivity contribution in [3.05, 3.63) is 24.4 Å². The van der Waals surface area contributed by atoms with E-state index in [9.17, 15) is 8.42 Å². The zero-order chi connectivity index (χ0) is 12.6. The van der Waals surface area contributed by atoms with Gasteiger partial charge in [-0.25, -0.2) is 13.6 Å². The minimum Gasteiger partial charge on any atom is -0.493 e. The molecule has 1 heterocycles. The van der Waals surface area contributed by atoms with Crippen LogP contribution in [0.3, 0.4) is 0 Å². The Morgan fingerprint density at radius 2 is 2.12 bits per heavy atom. The minimum absolute atomic E-state index is 0.0963. The molecule has 0 bridgehead atoms. The third kappa shape index (κ3) is 2.01. The van der Waals surface area contributed by atoms with Gasteiger partial charge in [0.15, 0.2) is 0 Å². The van der Waals surface area contributed by atoms with Crippen LogP contribution in [0.4, 0.5) is 0 Å². The smallest absolute Gasteiger partial charge is 0.240 e. The second kappa shape index (κ2) is 4.05. The highest BCUT2D eigenvalue weighted by Gasteiger charge is 2.19. The van der Waals surface area contributed by atoms with Crippen molar-refractivity contribution in [3.8, 4) is 5.75 Å². The number of aromatic nitrogens is 1. The summed E-state index contributed by atoms with van der Waals surface area (Å²) in [5.41, 5.74) is 0.778. The molecule has 0 radical (unpaired) electrons. The Bertz CT molecular complexity index is 659. The first kappa shape index (κ1) is 11.9. The van der Waals surface area contributed by atoms with E-state index in [1.807, 2.05) is 19.1 Å². The molecule has 0 amide bonds. The Labute approximate surface area is 99.8 Å². The van der Waals surface area contributed by atoms with E-state index < -0.39 is 10.0 Å². The van der Waals surface area contributed by atoms with E-state index in [2.05, 4.69) is 0 Å². The van der Waals surface area contributed by atoms with E-state index in [0.29, 0.717) is 17.7 Å². The van der Waals surface area contributed by atoms with E-state index in [0.717, 1.165) is 5.52 Å². The van der Waals surface area contributed by atoms with Gasteiger partial charge in [-0.15, -0.1) is 0 Å². The molecule has 0 fully saturated rings. The SMILES string of the molecule is CCOc1cccc2c1c(S(N)(=O)=O)cn2C. The van der Waals surface area contributed by atoms with E-state index >= 15 is 0 Å². The summed E-state index contributed by atoms with van der Waals surface area (Å²) in [4.78, 5) is 0.0963. The molecule has 0 saturated carbocycles. The number of ether oxygens (including phenoxy) is 1. The van der Waals surface area contributed by atoms with Crippen LogP contribution in [0, 0.1) is 0 Å². The Hall–Kier alpha value is -1.53. The van der Waals surface area contributed by atoms with E-state index in [1.165, 1.54) is 6.20 Å². The average Bonchev–Trinajstić information content (AvgIpc) is 2.58. The lowest BCUT2D eigenvalue weighted by atomic mass is 10.2. The van der Waals surface area contributed by atoms with Crippen LogP contribution < -0.4 is 9.88 Å². The number of rotatable bonds is 3. The predicted octanol–water partition coefficient (Wildman–Crippen LogP) is 1.22. The van der Waals surface area contributed by atoms with Crippen molar-refractivity contribution in [2.75, 3.05) is 6.61 Å². The predicted molar refractivity (Wildman–Crippen MR) is 65.5 cm³/mol. The topological polar surface area (TPSA) is 74.3 Å². The minimum atomic E-state index is -3.75. The van der Waals surface area contributed by atoms with Crippen LogP contribution >= 0.6 is 0 Å². The van der Waals surface area contributed by atoms with Crippen molar-refractivity contribution in [1.82, 2.24) is 4.57 Å². The molecule has 92 valence electrons. The average molecular weight is 254 g/mol.